The quantitative estimate of drug-likeness (QED) is 0.274. The van der Waals surface area contributed by atoms with Gasteiger partial charge in [0.2, 0.25) is 0 Å². The SMILES string of the molecule is CCc1ccc(NC(=O)/C(C#N)=C\c2ccc(OCc3ccc(C(=O)N4CCCCC4)cc3)c(OC)c2)cc1. The van der Waals surface area contributed by atoms with Gasteiger partial charge in [0.05, 0.1) is 7.11 Å². The van der Waals surface area contributed by atoms with E-state index < -0.39 is 5.91 Å². The molecule has 0 saturated carbocycles. The van der Waals surface area contributed by atoms with Crippen molar-refractivity contribution in [1.29, 1.82) is 5.26 Å². The summed E-state index contributed by atoms with van der Waals surface area (Å²) in [6.07, 6.45) is 5.73. The molecule has 3 aromatic carbocycles. The maximum atomic E-state index is 12.7. The first kappa shape index (κ1) is 27.5. The van der Waals surface area contributed by atoms with Gasteiger partial charge in [-0.05, 0) is 84.8 Å². The van der Waals surface area contributed by atoms with Crippen molar-refractivity contribution in [3.05, 3.63) is 94.6 Å². The van der Waals surface area contributed by atoms with Gasteiger partial charge in [0, 0.05) is 24.3 Å². The number of benzene rings is 3. The molecule has 1 N–H and O–H groups in total. The van der Waals surface area contributed by atoms with E-state index in [1.165, 1.54) is 25.2 Å². The molecular weight excluding hydrogens is 490 g/mol. The molecule has 1 aliphatic rings. The zero-order valence-electron chi connectivity index (χ0n) is 22.4. The molecule has 7 nitrogen and oxygen atoms in total. The lowest BCUT2D eigenvalue weighted by atomic mass is 10.1. The van der Waals surface area contributed by atoms with Crippen LogP contribution in [0.5, 0.6) is 11.5 Å². The Morgan fingerprint density at radius 3 is 2.28 bits per heavy atom. The smallest absolute Gasteiger partial charge is 0.266 e. The fourth-order valence-electron chi connectivity index (χ4n) is 4.41. The summed E-state index contributed by atoms with van der Waals surface area (Å²) in [5, 5.41) is 12.3. The number of hydrogen-bond acceptors (Lipinski definition) is 5. The van der Waals surface area contributed by atoms with Crippen LogP contribution in [0.25, 0.3) is 6.08 Å². The Hall–Kier alpha value is -4.57. The standard InChI is InChI=1S/C32H33N3O4/c1-3-23-9-14-28(15-10-23)34-31(36)27(21-33)19-25-11-16-29(30(20-25)38-2)39-22-24-7-12-26(13-8-24)32(37)35-17-5-4-6-18-35/h7-16,19-20H,3-6,17-18,22H2,1-2H3,(H,34,36)/b27-19-. The summed E-state index contributed by atoms with van der Waals surface area (Å²) < 4.78 is 11.5. The van der Waals surface area contributed by atoms with E-state index in [0.717, 1.165) is 37.9 Å². The number of nitrogens with zero attached hydrogens (tertiary/aromatic N) is 2. The fraction of sp³-hybridized carbons (Fsp3) is 0.281. The van der Waals surface area contributed by atoms with Crippen LogP contribution in [0.15, 0.2) is 72.3 Å². The number of nitriles is 1. The summed E-state index contributed by atoms with van der Waals surface area (Å²) in [6.45, 7) is 4.00. The van der Waals surface area contributed by atoms with Crippen molar-refractivity contribution in [2.24, 2.45) is 0 Å². The predicted molar refractivity (Wildman–Crippen MR) is 152 cm³/mol. The molecule has 0 bridgehead atoms. The Kier molecular flexibility index (Phi) is 9.36. The van der Waals surface area contributed by atoms with Crippen LogP contribution in [0.3, 0.4) is 0 Å². The number of ether oxygens (including phenoxy) is 2. The van der Waals surface area contributed by atoms with Crippen molar-refractivity contribution in [2.45, 2.75) is 39.2 Å². The van der Waals surface area contributed by atoms with Crippen molar-refractivity contribution in [3.63, 3.8) is 0 Å². The van der Waals surface area contributed by atoms with Gasteiger partial charge in [0.1, 0.15) is 18.2 Å². The number of aryl methyl sites for hydroxylation is 1. The first-order valence-electron chi connectivity index (χ1n) is 13.2. The van der Waals surface area contributed by atoms with Gasteiger partial charge < -0.3 is 19.7 Å². The molecule has 1 heterocycles. The second-order valence-corrected chi connectivity index (χ2v) is 9.42. The molecule has 1 fully saturated rings. The van der Waals surface area contributed by atoms with Crippen molar-refractivity contribution in [1.82, 2.24) is 4.90 Å². The molecule has 39 heavy (non-hydrogen) atoms. The van der Waals surface area contributed by atoms with Gasteiger partial charge in [-0.2, -0.15) is 5.26 Å². The Morgan fingerprint density at radius 1 is 0.949 bits per heavy atom. The molecule has 0 spiro atoms. The number of carbonyl (C=O) groups excluding carboxylic acids is 2. The van der Waals surface area contributed by atoms with E-state index in [2.05, 4.69) is 12.2 Å². The number of anilines is 1. The highest BCUT2D eigenvalue weighted by molar-refractivity contribution is 6.09. The summed E-state index contributed by atoms with van der Waals surface area (Å²) >= 11 is 0. The Labute approximate surface area is 229 Å². The number of hydrogen-bond donors (Lipinski definition) is 1. The van der Waals surface area contributed by atoms with Crippen LogP contribution in [0.4, 0.5) is 5.69 Å². The molecule has 4 rings (SSSR count). The maximum absolute atomic E-state index is 12.7. The third-order valence-electron chi connectivity index (χ3n) is 6.72. The maximum Gasteiger partial charge on any atom is 0.266 e. The second-order valence-electron chi connectivity index (χ2n) is 9.42. The van der Waals surface area contributed by atoms with Crippen molar-refractivity contribution in [2.75, 3.05) is 25.5 Å². The number of amides is 2. The van der Waals surface area contributed by atoms with E-state index in [-0.39, 0.29) is 11.5 Å². The molecule has 1 aliphatic heterocycles. The lowest BCUT2D eigenvalue weighted by Gasteiger charge is -2.26. The number of likely N-dealkylation sites (tertiary alicyclic amines) is 1. The Morgan fingerprint density at radius 2 is 1.64 bits per heavy atom. The zero-order chi connectivity index (χ0) is 27.6. The molecule has 200 valence electrons. The first-order chi connectivity index (χ1) is 19.0. The van der Waals surface area contributed by atoms with Crippen LogP contribution < -0.4 is 14.8 Å². The minimum Gasteiger partial charge on any atom is -0.493 e. The number of piperidine rings is 1. The molecule has 0 aromatic heterocycles. The van der Waals surface area contributed by atoms with E-state index in [1.807, 2.05) is 59.5 Å². The molecule has 0 atom stereocenters. The van der Waals surface area contributed by atoms with E-state index in [1.54, 1.807) is 18.2 Å². The van der Waals surface area contributed by atoms with Crippen LogP contribution in [0.1, 0.15) is 53.2 Å². The molecule has 0 aliphatic carbocycles. The molecule has 3 aromatic rings. The zero-order valence-corrected chi connectivity index (χ0v) is 22.4. The summed E-state index contributed by atoms with van der Waals surface area (Å²) in [6, 6.07) is 22.2. The first-order valence-corrected chi connectivity index (χ1v) is 13.2. The predicted octanol–water partition coefficient (Wildman–Crippen LogP) is 6.01. The molecular formula is C32H33N3O4. The Balaban J connectivity index is 1.39. The highest BCUT2D eigenvalue weighted by Gasteiger charge is 2.18. The number of methoxy groups -OCH3 is 1. The van der Waals surface area contributed by atoms with Crippen LogP contribution in [-0.2, 0) is 17.8 Å². The molecule has 0 radical (unpaired) electrons. The highest BCUT2D eigenvalue weighted by Crippen LogP contribution is 2.30. The van der Waals surface area contributed by atoms with Gasteiger partial charge in [-0.25, -0.2) is 0 Å². The summed E-state index contributed by atoms with van der Waals surface area (Å²) in [5.74, 6) is 0.603. The van der Waals surface area contributed by atoms with Crippen LogP contribution in [0.2, 0.25) is 0 Å². The third-order valence-corrected chi connectivity index (χ3v) is 6.72. The monoisotopic (exact) mass is 523 g/mol. The van der Waals surface area contributed by atoms with Gasteiger partial charge in [0.15, 0.2) is 11.5 Å². The number of carbonyl (C=O) groups is 2. The molecule has 1 saturated heterocycles. The van der Waals surface area contributed by atoms with E-state index in [4.69, 9.17) is 9.47 Å². The summed E-state index contributed by atoms with van der Waals surface area (Å²) in [4.78, 5) is 27.3. The number of nitrogens with one attached hydrogen (secondary N) is 1. The number of rotatable bonds is 9. The average molecular weight is 524 g/mol. The second kappa shape index (κ2) is 13.3. The van der Waals surface area contributed by atoms with Crippen LogP contribution in [-0.4, -0.2) is 36.9 Å². The Bertz CT molecular complexity index is 1370. The fourth-order valence-corrected chi connectivity index (χ4v) is 4.41. The minimum absolute atomic E-state index is 0.0236. The average Bonchev–Trinajstić information content (AvgIpc) is 2.99. The lowest BCUT2D eigenvalue weighted by Crippen LogP contribution is -2.35. The third kappa shape index (κ3) is 7.26. The van der Waals surface area contributed by atoms with Gasteiger partial charge in [-0.1, -0.05) is 37.3 Å². The summed E-state index contributed by atoms with van der Waals surface area (Å²) in [5.41, 5.74) is 4.01. The normalized spacial score (nSPS) is 13.4. The van der Waals surface area contributed by atoms with Crippen molar-refractivity contribution < 1.29 is 19.1 Å². The van der Waals surface area contributed by atoms with Gasteiger partial charge >= 0.3 is 0 Å². The van der Waals surface area contributed by atoms with Gasteiger partial charge in [-0.15, -0.1) is 0 Å². The van der Waals surface area contributed by atoms with E-state index >= 15 is 0 Å². The summed E-state index contributed by atoms with van der Waals surface area (Å²) in [7, 11) is 1.54. The minimum atomic E-state index is -0.483. The van der Waals surface area contributed by atoms with Crippen molar-refractivity contribution in [3.8, 4) is 17.6 Å². The van der Waals surface area contributed by atoms with E-state index in [0.29, 0.717) is 34.9 Å². The topological polar surface area (TPSA) is 91.7 Å². The lowest BCUT2D eigenvalue weighted by molar-refractivity contribution is -0.112. The van der Waals surface area contributed by atoms with Gasteiger partial charge in [-0.3, -0.25) is 9.59 Å². The van der Waals surface area contributed by atoms with E-state index in [9.17, 15) is 14.9 Å². The molecule has 7 heteroatoms. The van der Waals surface area contributed by atoms with Crippen LogP contribution in [0, 0.1) is 11.3 Å². The largest absolute Gasteiger partial charge is 0.493 e. The van der Waals surface area contributed by atoms with Gasteiger partial charge in [0.25, 0.3) is 11.8 Å². The molecule has 2 amide bonds. The molecule has 0 unspecified atom stereocenters. The highest BCUT2D eigenvalue weighted by atomic mass is 16.5. The van der Waals surface area contributed by atoms with Crippen molar-refractivity contribution >= 4 is 23.6 Å². The van der Waals surface area contributed by atoms with Crippen LogP contribution >= 0.6 is 0 Å².